The second kappa shape index (κ2) is 10.6. The third kappa shape index (κ3) is 8.81. The standard InChI is InChI=1S/C7H8O.C5H10O2/c1-8-7-5-3-2-4-6-7;1-2-3-4-7-5-6/h2-6H,1H3;5H,2-4H2,1H3. The molecule has 0 atom stereocenters. The maximum absolute atomic E-state index is 9.46. The Kier molecular flexibility index (Phi) is 9.51. The zero-order valence-electron chi connectivity index (χ0n) is 9.31. The van der Waals surface area contributed by atoms with Crippen LogP contribution in [0.3, 0.4) is 0 Å². The Bertz CT molecular complexity index is 234. The van der Waals surface area contributed by atoms with E-state index in [9.17, 15) is 4.79 Å². The molecule has 0 aliphatic heterocycles. The molecule has 0 bridgehead atoms. The molecular formula is C12H18O3. The quantitative estimate of drug-likeness (QED) is 0.553. The molecule has 0 unspecified atom stereocenters. The van der Waals surface area contributed by atoms with Crippen molar-refractivity contribution in [2.75, 3.05) is 13.7 Å². The number of methoxy groups -OCH3 is 1. The first kappa shape index (κ1) is 13.5. The highest BCUT2D eigenvalue weighted by Gasteiger charge is 1.80. The summed E-state index contributed by atoms with van der Waals surface area (Å²) in [5.41, 5.74) is 0. The Morgan fingerprint density at radius 1 is 1.27 bits per heavy atom. The molecule has 0 fully saturated rings. The van der Waals surface area contributed by atoms with Gasteiger partial charge in [0.15, 0.2) is 0 Å². The van der Waals surface area contributed by atoms with Crippen LogP contribution in [-0.4, -0.2) is 20.2 Å². The SMILES string of the molecule is CCCCOC=O.COc1ccccc1. The minimum atomic E-state index is 0.482. The van der Waals surface area contributed by atoms with E-state index in [0.717, 1.165) is 18.6 Å². The highest BCUT2D eigenvalue weighted by Crippen LogP contribution is 2.05. The molecule has 0 amide bonds. The third-order valence-corrected chi connectivity index (χ3v) is 1.66. The summed E-state index contributed by atoms with van der Waals surface area (Å²) in [7, 11) is 1.66. The molecule has 84 valence electrons. The minimum absolute atomic E-state index is 0.482. The predicted octanol–water partition coefficient (Wildman–Crippen LogP) is 2.65. The fraction of sp³-hybridized carbons (Fsp3) is 0.417. The maximum Gasteiger partial charge on any atom is 0.293 e. The molecule has 3 heteroatoms. The van der Waals surface area contributed by atoms with Gasteiger partial charge in [-0.05, 0) is 18.6 Å². The fourth-order valence-corrected chi connectivity index (χ4v) is 0.832. The summed E-state index contributed by atoms with van der Waals surface area (Å²) in [6.45, 7) is 3.10. The van der Waals surface area contributed by atoms with Crippen LogP contribution in [-0.2, 0) is 9.53 Å². The summed E-state index contributed by atoms with van der Waals surface area (Å²) in [5, 5.41) is 0. The van der Waals surface area contributed by atoms with E-state index in [-0.39, 0.29) is 0 Å². The first-order valence-corrected chi connectivity index (χ1v) is 4.99. The predicted molar refractivity (Wildman–Crippen MR) is 59.9 cm³/mol. The number of unbranched alkanes of at least 4 members (excludes halogenated alkanes) is 1. The molecule has 0 saturated carbocycles. The second-order valence-electron chi connectivity index (χ2n) is 2.84. The van der Waals surface area contributed by atoms with E-state index < -0.39 is 0 Å². The van der Waals surface area contributed by atoms with Crippen LogP contribution in [0.2, 0.25) is 0 Å². The number of carbonyl (C=O) groups excluding carboxylic acids is 1. The Morgan fingerprint density at radius 2 is 1.93 bits per heavy atom. The average Bonchev–Trinajstić information content (AvgIpc) is 2.32. The molecule has 0 heterocycles. The van der Waals surface area contributed by atoms with E-state index >= 15 is 0 Å². The summed E-state index contributed by atoms with van der Waals surface area (Å²) in [6, 6.07) is 9.68. The summed E-state index contributed by atoms with van der Waals surface area (Å²) in [5.74, 6) is 0.910. The lowest BCUT2D eigenvalue weighted by Crippen LogP contribution is -1.88. The van der Waals surface area contributed by atoms with Crippen LogP contribution in [0, 0.1) is 0 Å². The molecule has 3 nitrogen and oxygen atoms in total. The summed E-state index contributed by atoms with van der Waals surface area (Å²) >= 11 is 0. The van der Waals surface area contributed by atoms with E-state index in [1.807, 2.05) is 37.3 Å². The van der Waals surface area contributed by atoms with E-state index in [0.29, 0.717) is 13.1 Å². The van der Waals surface area contributed by atoms with Crippen LogP contribution in [0.4, 0.5) is 0 Å². The highest BCUT2D eigenvalue weighted by molar-refractivity contribution is 5.36. The minimum Gasteiger partial charge on any atom is -0.497 e. The fourth-order valence-electron chi connectivity index (χ4n) is 0.832. The Morgan fingerprint density at radius 3 is 2.33 bits per heavy atom. The monoisotopic (exact) mass is 210 g/mol. The summed E-state index contributed by atoms with van der Waals surface area (Å²) < 4.78 is 9.31. The van der Waals surface area contributed by atoms with Gasteiger partial charge in [0.1, 0.15) is 5.75 Å². The van der Waals surface area contributed by atoms with Crippen LogP contribution in [0.1, 0.15) is 19.8 Å². The van der Waals surface area contributed by atoms with Crippen molar-refractivity contribution in [1.29, 1.82) is 0 Å². The normalized spacial score (nSPS) is 8.40. The van der Waals surface area contributed by atoms with Gasteiger partial charge in [-0.2, -0.15) is 0 Å². The number of benzene rings is 1. The topological polar surface area (TPSA) is 35.5 Å². The van der Waals surface area contributed by atoms with Crippen LogP contribution in [0.25, 0.3) is 0 Å². The van der Waals surface area contributed by atoms with Crippen LogP contribution in [0.5, 0.6) is 5.75 Å². The average molecular weight is 210 g/mol. The molecule has 0 saturated heterocycles. The van der Waals surface area contributed by atoms with Crippen molar-refractivity contribution in [2.45, 2.75) is 19.8 Å². The van der Waals surface area contributed by atoms with Gasteiger partial charge >= 0.3 is 0 Å². The summed E-state index contributed by atoms with van der Waals surface area (Å²) in [6.07, 6.45) is 2.05. The third-order valence-electron chi connectivity index (χ3n) is 1.66. The lowest BCUT2D eigenvalue weighted by Gasteiger charge is -1.93. The van der Waals surface area contributed by atoms with Gasteiger partial charge in [-0.1, -0.05) is 31.5 Å². The molecule has 0 aliphatic carbocycles. The van der Waals surface area contributed by atoms with Gasteiger partial charge in [-0.25, -0.2) is 0 Å². The molecule has 0 N–H and O–H groups in total. The number of para-hydroxylation sites is 1. The largest absolute Gasteiger partial charge is 0.497 e. The van der Waals surface area contributed by atoms with Crippen molar-refractivity contribution < 1.29 is 14.3 Å². The number of hydrogen-bond acceptors (Lipinski definition) is 3. The highest BCUT2D eigenvalue weighted by atomic mass is 16.5. The van der Waals surface area contributed by atoms with E-state index in [4.69, 9.17) is 4.74 Å². The Labute approximate surface area is 91.0 Å². The van der Waals surface area contributed by atoms with E-state index in [1.165, 1.54) is 0 Å². The molecule has 1 aromatic rings. The molecule has 0 aromatic heterocycles. The Balaban J connectivity index is 0.000000265. The molecule has 1 aromatic carbocycles. The van der Waals surface area contributed by atoms with Crippen LogP contribution in [0.15, 0.2) is 30.3 Å². The number of rotatable bonds is 5. The van der Waals surface area contributed by atoms with Gasteiger partial charge in [0.2, 0.25) is 0 Å². The molecule has 0 aliphatic rings. The van der Waals surface area contributed by atoms with Gasteiger partial charge in [0.25, 0.3) is 6.47 Å². The maximum atomic E-state index is 9.46. The van der Waals surface area contributed by atoms with Gasteiger partial charge < -0.3 is 9.47 Å². The van der Waals surface area contributed by atoms with Gasteiger partial charge in [-0.3, -0.25) is 4.79 Å². The molecular weight excluding hydrogens is 192 g/mol. The molecule has 0 radical (unpaired) electrons. The smallest absolute Gasteiger partial charge is 0.293 e. The van der Waals surface area contributed by atoms with Crippen molar-refractivity contribution in [3.05, 3.63) is 30.3 Å². The Hall–Kier alpha value is -1.51. The first-order valence-electron chi connectivity index (χ1n) is 4.99. The van der Waals surface area contributed by atoms with Crippen molar-refractivity contribution in [3.63, 3.8) is 0 Å². The molecule has 0 spiro atoms. The van der Waals surface area contributed by atoms with Gasteiger partial charge in [0.05, 0.1) is 13.7 Å². The van der Waals surface area contributed by atoms with E-state index in [2.05, 4.69) is 4.74 Å². The summed E-state index contributed by atoms with van der Waals surface area (Å²) in [4.78, 5) is 9.46. The zero-order valence-corrected chi connectivity index (χ0v) is 9.31. The number of hydrogen-bond donors (Lipinski definition) is 0. The molecule has 1 rings (SSSR count). The zero-order chi connectivity index (χ0) is 11.4. The van der Waals surface area contributed by atoms with E-state index in [1.54, 1.807) is 7.11 Å². The molecule has 15 heavy (non-hydrogen) atoms. The van der Waals surface area contributed by atoms with Gasteiger partial charge in [-0.15, -0.1) is 0 Å². The van der Waals surface area contributed by atoms with Crippen molar-refractivity contribution in [1.82, 2.24) is 0 Å². The van der Waals surface area contributed by atoms with Crippen molar-refractivity contribution >= 4 is 6.47 Å². The first-order chi connectivity index (χ1) is 7.35. The van der Waals surface area contributed by atoms with Crippen molar-refractivity contribution in [3.8, 4) is 5.75 Å². The van der Waals surface area contributed by atoms with Crippen molar-refractivity contribution in [2.24, 2.45) is 0 Å². The van der Waals surface area contributed by atoms with Gasteiger partial charge in [0, 0.05) is 0 Å². The van der Waals surface area contributed by atoms with Crippen LogP contribution < -0.4 is 4.74 Å². The lowest BCUT2D eigenvalue weighted by molar-refractivity contribution is -0.128. The number of carbonyl (C=O) groups is 1. The lowest BCUT2D eigenvalue weighted by atomic mass is 10.3. The van der Waals surface area contributed by atoms with Crippen LogP contribution >= 0.6 is 0 Å². The second-order valence-corrected chi connectivity index (χ2v) is 2.84. The number of ether oxygens (including phenoxy) is 2.